The number of anilines is 1. The van der Waals surface area contributed by atoms with Gasteiger partial charge in [-0.25, -0.2) is 4.98 Å². The van der Waals surface area contributed by atoms with Gasteiger partial charge in [0.15, 0.2) is 4.47 Å². The number of amides is 1. The molecule has 0 spiro atoms. The molecular formula is C13H14ClN3OS. The zero-order valence-electron chi connectivity index (χ0n) is 10.4. The van der Waals surface area contributed by atoms with E-state index in [1.165, 1.54) is 11.3 Å². The molecule has 19 heavy (non-hydrogen) atoms. The number of hydrogen-bond acceptors (Lipinski definition) is 4. The smallest absolute Gasteiger partial charge is 0.251 e. The minimum atomic E-state index is -0.0525. The molecule has 0 aliphatic carbocycles. The highest BCUT2D eigenvalue weighted by molar-refractivity contribution is 7.15. The molecule has 100 valence electrons. The molecule has 1 aromatic heterocycles. The third-order valence-electron chi connectivity index (χ3n) is 2.48. The molecular weight excluding hydrogens is 282 g/mol. The number of hydrogen-bond donors (Lipinski definition) is 2. The van der Waals surface area contributed by atoms with Gasteiger partial charge >= 0.3 is 0 Å². The van der Waals surface area contributed by atoms with Gasteiger partial charge in [-0.15, -0.1) is 11.3 Å². The van der Waals surface area contributed by atoms with E-state index in [9.17, 15) is 4.79 Å². The molecule has 0 saturated heterocycles. The third-order valence-corrected chi connectivity index (χ3v) is 3.59. The Morgan fingerprint density at radius 3 is 2.68 bits per heavy atom. The summed E-state index contributed by atoms with van der Waals surface area (Å²) in [4.78, 5) is 16.6. The summed E-state index contributed by atoms with van der Waals surface area (Å²) in [5.41, 5.74) is 1.62. The zero-order chi connectivity index (χ0) is 13.7. The van der Waals surface area contributed by atoms with Gasteiger partial charge in [0.25, 0.3) is 5.91 Å². The van der Waals surface area contributed by atoms with Gasteiger partial charge in [0.2, 0.25) is 0 Å². The van der Waals surface area contributed by atoms with Crippen LogP contribution < -0.4 is 10.6 Å². The Bertz CT molecular complexity index is 553. The van der Waals surface area contributed by atoms with Crippen molar-refractivity contribution in [3.8, 4) is 0 Å². The van der Waals surface area contributed by atoms with E-state index in [2.05, 4.69) is 15.6 Å². The fourth-order valence-electron chi connectivity index (χ4n) is 1.56. The van der Waals surface area contributed by atoms with Crippen molar-refractivity contribution in [1.29, 1.82) is 0 Å². The SMILES string of the molecule is CCNC(=O)c1ccc(NCc2cnc(Cl)s2)cc1. The van der Waals surface area contributed by atoms with E-state index in [0.717, 1.165) is 10.6 Å². The average Bonchev–Trinajstić information content (AvgIpc) is 2.83. The fraction of sp³-hybridized carbons (Fsp3) is 0.231. The highest BCUT2D eigenvalue weighted by atomic mass is 35.5. The zero-order valence-corrected chi connectivity index (χ0v) is 12.0. The van der Waals surface area contributed by atoms with E-state index < -0.39 is 0 Å². The lowest BCUT2D eigenvalue weighted by molar-refractivity contribution is 0.0956. The lowest BCUT2D eigenvalue weighted by Gasteiger charge is -2.06. The van der Waals surface area contributed by atoms with Gasteiger partial charge < -0.3 is 10.6 Å². The number of benzene rings is 1. The van der Waals surface area contributed by atoms with E-state index in [4.69, 9.17) is 11.6 Å². The number of halogens is 1. The minimum Gasteiger partial charge on any atom is -0.380 e. The highest BCUT2D eigenvalue weighted by Gasteiger charge is 2.04. The summed E-state index contributed by atoms with van der Waals surface area (Å²) in [7, 11) is 0. The molecule has 1 aromatic carbocycles. The van der Waals surface area contributed by atoms with Crippen LogP contribution in [0.5, 0.6) is 0 Å². The van der Waals surface area contributed by atoms with Gasteiger partial charge in [0.1, 0.15) is 0 Å². The summed E-state index contributed by atoms with van der Waals surface area (Å²) >= 11 is 7.21. The highest BCUT2D eigenvalue weighted by Crippen LogP contribution is 2.19. The van der Waals surface area contributed by atoms with Crippen molar-refractivity contribution in [3.63, 3.8) is 0 Å². The maximum absolute atomic E-state index is 11.6. The minimum absolute atomic E-state index is 0.0525. The van der Waals surface area contributed by atoms with Crippen LogP contribution in [0.3, 0.4) is 0 Å². The molecule has 0 bridgehead atoms. The molecule has 2 aromatic rings. The standard InChI is InChI=1S/C13H14ClN3OS/c1-2-15-12(18)9-3-5-10(6-4-9)16-7-11-8-17-13(14)19-11/h3-6,8,16H,2,7H2,1H3,(H,15,18). The Labute approximate surface area is 120 Å². The number of nitrogens with zero attached hydrogens (tertiary/aromatic N) is 1. The number of rotatable bonds is 5. The molecule has 2 rings (SSSR count). The summed E-state index contributed by atoms with van der Waals surface area (Å²) < 4.78 is 0.545. The van der Waals surface area contributed by atoms with Crippen LogP contribution in [0.4, 0.5) is 5.69 Å². The molecule has 0 radical (unpaired) electrons. The van der Waals surface area contributed by atoms with E-state index in [0.29, 0.717) is 23.1 Å². The number of carbonyl (C=O) groups is 1. The molecule has 0 atom stereocenters. The van der Waals surface area contributed by atoms with Crippen molar-refractivity contribution >= 4 is 34.5 Å². The van der Waals surface area contributed by atoms with Crippen LogP contribution >= 0.6 is 22.9 Å². The van der Waals surface area contributed by atoms with Crippen molar-refractivity contribution in [2.75, 3.05) is 11.9 Å². The fourth-order valence-corrected chi connectivity index (χ4v) is 2.47. The third kappa shape index (κ3) is 3.94. The largest absolute Gasteiger partial charge is 0.380 e. The summed E-state index contributed by atoms with van der Waals surface area (Å²) in [5, 5.41) is 6.01. The molecule has 1 amide bonds. The Kier molecular flexibility index (Phi) is 4.76. The van der Waals surface area contributed by atoms with Crippen molar-refractivity contribution < 1.29 is 4.79 Å². The predicted molar refractivity (Wildman–Crippen MR) is 78.9 cm³/mol. The lowest BCUT2D eigenvalue weighted by Crippen LogP contribution is -2.22. The summed E-state index contributed by atoms with van der Waals surface area (Å²) in [5.74, 6) is -0.0525. The molecule has 6 heteroatoms. The molecule has 0 fully saturated rings. The Morgan fingerprint density at radius 1 is 1.37 bits per heavy atom. The van der Waals surface area contributed by atoms with Crippen LogP contribution in [0.15, 0.2) is 30.5 Å². The van der Waals surface area contributed by atoms with Gasteiger partial charge in [-0.1, -0.05) is 11.6 Å². The Morgan fingerprint density at radius 2 is 2.11 bits per heavy atom. The van der Waals surface area contributed by atoms with Gasteiger partial charge in [-0.05, 0) is 31.2 Å². The summed E-state index contributed by atoms with van der Waals surface area (Å²) in [6.45, 7) is 3.20. The summed E-state index contributed by atoms with van der Waals surface area (Å²) in [6, 6.07) is 7.36. The van der Waals surface area contributed by atoms with Gasteiger partial charge in [-0.2, -0.15) is 0 Å². The van der Waals surface area contributed by atoms with Crippen LogP contribution in [-0.4, -0.2) is 17.4 Å². The first-order chi connectivity index (χ1) is 9.19. The predicted octanol–water partition coefficient (Wildman–Crippen LogP) is 3.16. The van der Waals surface area contributed by atoms with Crippen LogP contribution in [0.25, 0.3) is 0 Å². The van der Waals surface area contributed by atoms with Gasteiger partial charge in [0.05, 0.1) is 6.54 Å². The Hall–Kier alpha value is -1.59. The van der Waals surface area contributed by atoms with Crippen LogP contribution in [0.2, 0.25) is 4.47 Å². The number of nitrogens with one attached hydrogen (secondary N) is 2. The maximum atomic E-state index is 11.6. The van der Waals surface area contributed by atoms with E-state index >= 15 is 0 Å². The second-order valence-corrected chi connectivity index (χ2v) is 5.57. The maximum Gasteiger partial charge on any atom is 0.251 e. The van der Waals surface area contributed by atoms with E-state index in [-0.39, 0.29) is 5.91 Å². The van der Waals surface area contributed by atoms with E-state index in [1.807, 2.05) is 19.1 Å². The molecule has 0 unspecified atom stereocenters. The Balaban J connectivity index is 1.93. The first-order valence-electron chi connectivity index (χ1n) is 5.91. The molecule has 2 N–H and O–H groups in total. The van der Waals surface area contributed by atoms with Crippen molar-refractivity contribution in [1.82, 2.24) is 10.3 Å². The molecule has 0 saturated carbocycles. The second kappa shape index (κ2) is 6.54. The normalized spacial score (nSPS) is 10.2. The monoisotopic (exact) mass is 295 g/mol. The van der Waals surface area contributed by atoms with Gasteiger partial charge in [-0.3, -0.25) is 4.79 Å². The van der Waals surface area contributed by atoms with Crippen LogP contribution in [0.1, 0.15) is 22.2 Å². The molecule has 4 nitrogen and oxygen atoms in total. The quantitative estimate of drug-likeness (QED) is 0.891. The average molecular weight is 296 g/mol. The van der Waals surface area contributed by atoms with Crippen molar-refractivity contribution in [3.05, 3.63) is 45.4 Å². The van der Waals surface area contributed by atoms with Crippen molar-refractivity contribution in [2.45, 2.75) is 13.5 Å². The van der Waals surface area contributed by atoms with E-state index in [1.54, 1.807) is 18.3 Å². The van der Waals surface area contributed by atoms with Gasteiger partial charge in [0, 0.05) is 28.9 Å². The first kappa shape index (κ1) is 13.8. The second-order valence-electron chi connectivity index (χ2n) is 3.87. The van der Waals surface area contributed by atoms with Crippen LogP contribution in [0, 0.1) is 0 Å². The lowest BCUT2D eigenvalue weighted by atomic mass is 10.2. The van der Waals surface area contributed by atoms with Crippen LogP contribution in [-0.2, 0) is 6.54 Å². The topological polar surface area (TPSA) is 54.0 Å². The molecule has 0 aliphatic heterocycles. The number of carbonyl (C=O) groups excluding carboxylic acids is 1. The molecule has 0 aliphatic rings. The first-order valence-corrected chi connectivity index (χ1v) is 7.11. The number of thiazole rings is 1. The summed E-state index contributed by atoms with van der Waals surface area (Å²) in [6.07, 6.45) is 1.75. The molecule has 1 heterocycles. The van der Waals surface area contributed by atoms with Crippen molar-refractivity contribution in [2.24, 2.45) is 0 Å². The number of aromatic nitrogens is 1.